The lowest BCUT2D eigenvalue weighted by Gasteiger charge is -2.03. The number of benzene rings is 1. The summed E-state index contributed by atoms with van der Waals surface area (Å²) in [5.41, 5.74) is 7.70. The smallest absolute Gasteiger partial charge is 0.126 e. The number of nitrogens with two attached hydrogens (primary N) is 1. The van der Waals surface area contributed by atoms with Crippen LogP contribution in [0.15, 0.2) is 24.4 Å². The van der Waals surface area contributed by atoms with Gasteiger partial charge in [-0.25, -0.2) is 4.98 Å². The van der Waals surface area contributed by atoms with Gasteiger partial charge in [-0.15, -0.1) is 0 Å². The Morgan fingerprint density at radius 3 is 2.65 bits per heavy atom. The van der Waals surface area contributed by atoms with Gasteiger partial charge in [0.2, 0.25) is 0 Å². The van der Waals surface area contributed by atoms with Crippen LogP contribution in [-0.2, 0) is 5.54 Å². The van der Waals surface area contributed by atoms with Crippen molar-refractivity contribution in [2.24, 2.45) is 5.73 Å². The number of H-pyrrole nitrogens is 1. The van der Waals surface area contributed by atoms with Crippen LogP contribution in [0, 0.1) is 0 Å². The third-order valence-corrected chi connectivity index (χ3v) is 3.81. The first-order valence-electron chi connectivity index (χ1n) is 5.38. The number of nitrogens with zero attached hydrogens (tertiary/aromatic N) is 1. The molecule has 0 unspecified atom stereocenters. The molecule has 5 heteroatoms. The number of hydrogen-bond donors (Lipinski definition) is 2. The lowest BCUT2D eigenvalue weighted by atomic mass is 10.2. The van der Waals surface area contributed by atoms with Gasteiger partial charge in [0.25, 0.3) is 0 Å². The molecule has 1 aliphatic carbocycles. The molecule has 0 aliphatic heterocycles. The average Bonchev–Trinajstić information content (AvgIpc) is 2.88. The summed E-state index contributed by atoms with van der Waals surface area (Å²) < 4.78 is 0. The van der Waals surface area contributed by atoms with E-state index in [4.69, 9.17) is 28.9 Å². The standard InChI is InChI=1S/C12H11Cl2N3/c13-8-2-1-7(5-9(8)14)10-6-16-11(17-10)12(15)3-4-12/h1-2,5-6H,3-4,15H2,(H,16,17). The minimum absolute atomic E-state index is 0.242. The van der Waals surface area contributed by atoms with Crippen molar-refractivity contribution in [3.05, 3.63) is 40.3 Å². The van der Waals surface area contributed by atoms with Gasteiger partial charge < -0.3 is 10.7 Å². The zero-order chi connectivity index (χ0) is 12.0. The number of nitrogens with one attached hydrogen (secondary N) is 1. The summed E-state index contributed by atoms with van der Waals surface area (Å²) in [5, 5.41) is 1.09. The van der Waals surface area contributed by atoms with E-state index in [0.717, 1.165) is 29.9 Å². The Kier molecular flexibility index (Phi) is 2.43. The summed E-state index contributed by atoms with van der Waals surface area (Å²) in [7, 11) is 0. The molecular formula is C12H11Cl2N3. The Morgan fingerprint density at radius 2 is 2.00 bits per heavy atom. The Labute approximate surface area is 109 Å². The van der Waals surface area contributed by atoms with Crippen LogP contribution in [0.3, 0.4) is 0 Å². The minimum atomic E-state index is -0.242. The molecule has 1 aromatic carbocycles. The first kappa shape index (κ1) is 11.1. The number of halogens is 2. The van der Waals surface area contributed by atoms with Crippen molar-refractivity contribution in [1.29, 1.82) is 0 Å². The maximum atomic E-state index is 6.07. The zero-order valence-corrected chi connectivity index (χ0v) is 10.5. The maximum absolute atomic E-state index is 6.07. The summed E-state index contributed by atoms with van der Waals surface area (Å²) in [4.78, 5) is 7.56. The van der Waals surface area contributed by atoms with E-state index in [2.05, 4.69) is 9.97 Å². The van der Waals surface area contributed by atoms with Gasteiger partial charge in [0.05, 0.1) is 27.5 Å². The molecule has 0 spiro atoms. The van der Waals surface area contributed by atoms with Crippen LogP contribution >= 0.6 is 23.2 Å². The maximum Gasteiger partial charge on any atom is 0.126 e. The third kappa shape index (κ3) is 1.95. The average molecular weight is 268 g/mol. The van der Waals surface area contributed by atoms with E-state index < -0.39 is 0 Å². The first-order chi connectivity index (χ1) is 8.08. The second-order valence-corrected chi connectivity index (χ2v) is 5.24. The molecule has 17 heavy (non-hydrogen) atoms. The highest BCUT2D eigenvalue weighted by Crippen LogP contribution is 2.41. The van der Waals surface area contributed by atoms with Crippen LogP contribution in [0.5, 0.6) is 0 Å². The van der Waals surface area contributed by atoms with Gasteiger partial charge in [-0.2, -0.15) is 0 Å². The molecule has 0 amide bonds. The predicted molar refractivity (Wildman–Crippen MR) is 69.1 cm³/mol. The summed E-state index contributed by atoms with van der Waals surface area (Å²) in [6.07, 6.45) is 3.75. The largest absolute Gasteiger partial charge is 0.340 e. The summed E-state index contributed by atoms with van der Waals surface area (Å²) in [5.74, 6) is 0.846. The van der Waals surface area contributed by atoms with Crippen LogP contribution in [-0.4, -0.2) is 9.97 Å². The van der Waals surface area contributed by atoms with E-state index >= 15 is 0 Å². The number of imidazole rings is 1. The summed E-state index contributed by atoms with van der Waals surface area (Å²) >= 11 is 11.9. The van der Waals surface area contributed by atoms with Crippen LogP contribution in [0.1, 0.15) is 18.7 Å². The fourth-order valence-corrected chi connectivity index (χ4v) is 2.05. The molecule has 2 aromatic rings. The molecule has 88 valence electrons. The molecule has 1 fully saturated rings. The van der Waals surface area contributed by atoms with Crippen molar-refractivity contribution in [1.82, 2.24) is 9.97 Å². The molecule has 0 radical (unpaired) electrons. The second-order valence-electron chi connectivity index (χ2n) is 4.43. The molecule has 0 saturated heterocycles. The lowest BCUT2D eigenvalue weighted by molar-refractivity contribution is 0.685. The highest BCUT2D eigenvalue weighted by Gasteiger charge is 2.42. The van der Waals surface area contributed by atoms with Gasteiger partial charge in [-0.1, -0.05) is 29.3 Å². The molecular weight excluding hydrogens is 257 g/mol. The topological polar surface area (TPSA) is 54.7 Å². The quantitative estimate of drug-likeness (QED) is 0.877. The van der Waals surface area contributed by atoms with Gasteiger partial charge in [0.15, 0.2) is 0 Å². The Balaban J connectivity index is 1.98. The molecule has 0 atom stereocenters. The summed E-state index contributed by atoms with van der Waals surface area (Å²) in [6.45, 7) is 0. The van der Waals surface area contributed by atoms with E-state index in [1.807, 2.05) is 12.1 Å². The van der Waals surface area contributed by atoms with Crippen molar-refractivity contribution in [2.75, 3.05) is 0 Å². The fraction of sp³-hybridized carbons (Fsp3) is 0.250. The van der Waals surface area contributed by atoms with Crippen LogP contribution in [0.25, 0.3) is 11.3 Å². The van der Waals surface area contributed by atoms with Crippen molar-refractivity contribution in [3.8, 4) is 11.3 Å². The number of hydrogen-bond acceptors (Lipinski definition) is 2. The monoisotopic (exact) mass is 267 g/mol. The normalized spacial score (nSPS) is 17.1. The van der Waals surface area contributed by atoms with Gasteiger partial charge >= 0.3 is 0 Å². The van der Waals surface area contributed by atoms with Crippen molar-refractivity contribution in [3.63, 3.8) is 0 Å². The lowest BCUT2D eigenvalue weighted by Crippen LogP contribution is -2.20. The number of aromatic amines is 1. The Hall–Kier alpha value is -1.03. The Morgan fingerprint density at radius 1 is 1.24 bits per heavy atom. The van der Waals surface area contributed by atoms with E-state index in [9.17, 15) is 0 Å². The van der Waals surface area contributed by atoms with Crippen molar-refractivity contribution >= 4 is 23.2 Å². The molecule has 1 saturated carbocycles. The molecule has 3 rings (SSSR count). The molecule has 1 aliphatic rings. The Bertz CT molecular complexity index is 573. The first-order valence-corrected chi connectivity index (χ1v) is 6.14. The predicted octanol–water partition coefficient (Wildman–Crippen LogP) is 3.33. The molecule has 0 bridgehead atoms. The van der Waals surface area contributed by atoms with Gasteiger partial charge in [-0.05, 0) is 25.0 Å². The molecule has 3 nitrogen and oxygen atoms in total. The van der Waals surface area contributed by atoms with Crippen molar-refractivity contribution < 1.29 is 0 Å². The number of aromatic nitrogens is 2. The highest BCUT2D eigenvalue weighted by atomic mass is 35.5. The minimum Gasteiger partial charge on any atom is -0.340 e. The fourth-order valence-electron chi connectivity index (χ4n) is 1.76. The van der Waals surface area contributed by atoms with E-state index in [0.29, 0.717) is 10.0 Å². The molecule has 3 N–H and O–H groups in total. The van der Waals surface area contributed by atoms with Crippen LogP contribution in [0.2, 0.25) is 10.0 Å². The highest BCUT2D eigenvalue weighted by molar-refractivity contribution is 6.42. The van der Waals surface area contributed by atoms with Gasteiger partial charge in [0.1, 0.15) is 5.82 Å². The SMILES string of the molecule is NC1(c2ncc(-c3ccc(Cl)c(Cl)c3)[nH]2)CC1. The third-order valence-electron chi connectivity index (χ3n) is 3.07. The molecule has 1 heterocycles. The van der Waals surface area contributed by atoms with Gasteiger partial charge in [0, 0.05) is 5.56 Å². The van der Waals surface area contributed by atoms with Crippen LogP contribution < -0.4 is 5.73 Å². The van der Waals surface area contributed by atoms with E-state index in [1.54, 1.807) is 12.3 Å². The second kappa shape index (κ2) is 3.73. The van der Waals surface area contributed by atoms with E-state index in [1.165, 1.54) is 0 Å². The van der Waals surface area contributed by atoms with Gasteiger partial charge in [-0.3, -0.25) is 0 Å². The van der Waals surface area contributed by atoms with E-state index in [-0.39, 0.29) is 5.54 Å². The summed E-state index contributed by atoms with van der Waals surface area (Å²) in [6, 6.07) is 5.49. The molecule has 1 aromatic heterocycles. The number of rotatable bonds is 2. The zero-order valence-electron chi connectivity index (χ0n) is 9.00. The van der Waals surface area contributed by atoms with Crippen molar-refractivity contribution in [2.45, 2.75) is 18.4 Å². The van der Waals surface area contributed by atoms with Crippen LogP contribution in [0.4, 0.5) is 0 Å².